The van der Waals surface area contributed by atoms with Gasteiger partial charge in [0.2, 0.25) is 0 Å². The molecule has 1 amide bonds. The lowest BCUT2D eigenvalue weighted by molar-refractivity contribution is 0.00701. The van der Waals surface area contributed by atoms with Crippen molar-refractivity contribution in [2.75, 3.05) is 51.8 Å². The molecule has 0 aromatic heterocycles. The maximum atomic E-state index is 12.0. The number of likely N-dealkylation sites (tertiary alicyclic amines) is 1. The fraction of sp³-hybridized carbons (Fsp3) is 0.636. The van der Waals surface area contributed by atoms with Crippen molar-refractivity contribution in [1.82, 2.24) is 15.5 Å². The van der Waals surface area contributed by atoms with Crippen LogP contribution in [0.5, 0.6) is 5.75 Å². The largest absolute Gasteiger partial charge is 0.497 e. The minimum Gasteiger partial charge on any atom is -0.497 e. The van der Waals surface area contributed by atoms with Crippen molar-refractivity contribution in [3.8, 4) is 5.75 Å². The van der Waals surface area contributed by atoms with E-state index in [4.69, 9.17) is 9.47 Å². The van der Waals surface area contributed by atoms with E-state index in [2.05, 4.69) is 32.7 Å². The molecular weight excluding hydrogens is 509 g/mol. The van der Waals surface area contributed by atoms with Crippen molar-refractivity contribution in [3.63, 3.8) is 0 Å². The number of hydrogen-bond acceptors (Lipinski definition) is 5. The second-order valence-electron chi connectivity index (χ2n) is 8.98. The summed E-state index contributed by atoms with van der Waals surface area (Å²) in [7, 11) is 3.47. The standard InChI is InChI=1S/C22H35N5O3.HI/c1-22(2,3)30-21(28)27-14-17(15-27)25-20(23-4)24-12-16-9-10-26(13-16)18-7-6-8-19(11-18)29-5;/h6-8,11,16-17H,9-10,12-15H2,1-5H3,(H2,23,24,25);1H. The smallest absolute Gasteiger partial charge is 0.410 e. The van der Waals surface area contributed by atoms with Crippen LogP contribution in [-0.2, 0) is 4.74 Å². The van der Waals surface area contributed by atoms with Crippen molar-refractivity contribution in [3.05, 3.63) is 24.3 Å². The summed E-state index contributed by atoms with van der Waals surface area (Å²) in [6, 6.07) is 8.42. The van der Waals surface area contributed by atoms with E-state index >= 15 is 0 Å². The number of halogens is 1. The Morgan fingerprint density at radius 3 is 2.65 bits per heavy atom. The summed E-state index contributed by atoms with van der Waals surface area (Å²) in [6.45, 7) is 9.81. The van der Waals surface area contributed by atoms with E-state index in [0.29, 0.717) is 19.0 Å². The van der Waals surface area contributed by atoms with Gasteiger partial charge in [-0.25, -0.2) is 4.79 Å². The Hall–Kier alpha value is -1.91. The number of methoxy groups -OCH3 is 1. The summed E-state index contributed by atoms with van der Waals surface area (Å²) >= 11 is 0. The van der Waals surface area contributed by atoms with Gasteiger partial charge in [-0.2, -0.15) is 0 Å². The zero-order chi connectivity index (χ0) is 21.7. The Bertz CT molecular complexity index is 762. The number of aliphatic imine (C=N–C) groups is 1. The zero-order valence-electron chi connectivity index (χ0n) is 19.2. The van der Waals surface area contributed by atoms with Gasteiger partial charge in [0.1, 0.15) is 11.4 Å². The summed E-state index contributed by atoms with van der Waals surface area (Å²) in [5.41, 5.74) is 0.740. The molecule has 2 N–H and O–H groups in total. The van der Waals surface area contributed by atoms with Crippen LogP contribution in [0.15, 0.2) is 29.3 Å². The van der Waals surface area contributed by atoms with Crippen LogP contribution in [0.2, 0.25) is 0 Å². The van der Waals surface area contributed by atoms with Gasteiger partial charge in [0.25, 0.3) is 0 Å². The number of anilines is 1. The molecule has 2 aliphatic heterocycles. The first-order valence-corrected chi connectivity index (χ1v) is 10.6. The van der Waals surface area contributed by atoms with Crippen LogP contribution < -0.4 is 20.3 Å². The fourth-order valence-electron chi connectivity index (χ4n) is 3.72. The monoisotopic (exact) mass is 545 g/mol. The van der Waals surface area contributed by atoms with Gasteiger partial charge >= 0.3 is 6.09 Å². The van der Waals surface area contributed by atoms with Gasteiger partial charge in [-0.3, -0.25) is 4.99 Å². The summed E-state index contributed by atoms with van der Waals surface area (Å²) < 4.78 is 10.7. The molecule has 1 aromatic rings. The molecule has 0 bridgehead atoms. The normalized spacial score (nSPS) is 19.4. The Labute approximate surface area is 202 Å². The van der Waals surface area contributed by atoms with E-state index in [1.54, 1.807) is 19.1 Å². The maximum absolute atomic E-state index is 12.0. The van der Waals surface area contributed by atoms with Gasteiger partial charge < -0.3 is 29.9 Å². The first-order valence-electron chi connectivity index (χ1n) is 10.6. The molecule has 2 fully saturated rings. The number of hydrogen-bond donors (Lipinski definition) is 2. The molecule has 1 atom stereocenters. The predicted molar refractivity (Wildman–Crippen MR) is 135 cm³/mol. The Balaban J connectivity index is 0.00000341. The fourth-order valence-corrected chi connectivity index (χ4v) is 3.72. The number of guanidine groups is 1. The molecule has 174 valence electrons. The average molecular weight is 545 g/mol. The third kappa shape index (κ3) is 7.33. The van der Waals surface area contributed by atoms with E-state index in [1.165, 1.54) is 5.69 Å². The molecule has 0 spiro atoms. The number of ether oxygens (including phenoxy) is 2. The highest BCUT2D eigenvalue weighted by Gasteiger charge is 2.34. The van der Waals surface area contributed by atoms with Gasteiger partial charge in [0.15, 0.2) is 5.96 Å². The quantitative estimate of drug-likeness (QED) is 0.337. The van der Waals surface area contributed by atoms with Gasteiger partial charge in [0.05, 0.1) is 13.2 Å². The van der Waals surface area contributed by atoms with E-state index < -0.39 is 5.60 Å². The second-order valence-corrected chi connectivity index (χ2v) is 8.98. The van der Waals surface area contributed by atoms with Gasteiger partial charge in [-0.15, -0.1) is 24.0 Å². The van der Waals surface area contributed by atoms with Crippen LogP contribution in [0.4, 0.5) is 10.5 Å². The summed E-state index contributed by atoms with van der Waals surface area (Å²) in [4.78, 5) is 20.5. The number of nitrogens with one attached hydrogen (secondary N) is 2. The summed E-state index contributed by atoms with van der Waals surface area (Å²) in [6.07, 6.45) is 0.879. The number of nitrogens with zero attached hydrogens (tertiary/aromatic N) is 3. The number of amides is 1. The van der Waals surface area contributed by atoms with E-state index in [1.807, 2.05) is 32.9 Å². The number of benzene rings is 1. The maximum Gasteiger partial charge on any atom is 0.410 e. The van der Waals surface area contributed by atoms with Gasteiger partial charge in [0, 0.05) is 51.5 Å². The highest BCUT2D eigenvalue weighted by atomic mass is 127. The van der Waals surface area contributed by atoms with Crippen molar-refractivity contribution in [2.45, 2.75) is 38.8 Å². The number of rotatable bonds is 5. The highest BCUT2D eigenvalue weighted by Crippen LogP contribution is 2.26. The number of carbonyl (C=O) groups excluding carboxylic acids is 1. The van der Waals surface area contributed by atoms with Crippen molar-refractivity contribution >= 4 is 41.7 Å². The molecule has 0 saturated carbocycles. The molecule has 1 aromatic carbocycles. The SMILES string of the molecule is CN=C(NCC1CCN(c2cccc(OC)c2)C1)NC1CN(C(=O)OC(C)(C)C)C1.I. The number of carbonyl (C=O) groups is 1. The van der Waals surface area contributed by atoms with Crippen LogP contribution in [-0.4, -0.2) is 75.5 Å². The van der Waals surface area contributed by atoms with Gasteiger partial charge in [-0.1, -0.05) is 6.07 Å². The van der Waals surface area contributed by atoms with Crippen LogP contribution in [0.3, 0.4) is 0 Å². The minimum atomic E-state index is -0.465. The molecule has 9 heteroatoms. The van der Waals surface area contributed by atoms with E-state index in [0.717, 1.165) is 37.8 Å². The van der Waals surface area contributed by atoms with Crippen molar-refractivity contribution in [1.29, 1.82) is 0 Å². The van der Waals surface area contributed by atoms with Crippen molar-refractivity contribution < 1.29 is 14.3 Å². The summed E-state index contributed by atoms with van der Waals surface area (Å²) in [5, 5.41) is 6.83. The van der Waals surface area contributed by atoms with Crippen LogP contribution in [0.25, 0.3) is 0 Å². The van der Waals surface area contributed by atoms with E-state index in [9.17, 15) is 4.79 Å². The Morgan fingerprint density at radius 2 is 2.00 bits per heavy atom. The van der Waals surface area contributed by atoms with Crippen LogP contribution in [0, 0.1) is 5.92 Å². The Kier molecular flexibility index (Phi) is 9.08. The van der Waals surface area contributed by atoms with Crippen LogP contribution in [0.1, 0.15) is 27.2 Å². The lowest BCUT2D eigenvalue weighted by Gasteiger charge is -2.40. The molecule has 3 rings (SSSR count). The first-order chi connectivity index (χ1) is 14.3. The first kappa shape index (κ1) is 25.4. The highest BCUT2D eigenvalue weighted by molar-refractivity contribution is 14.0. The van der Waals surface area contributed by atoms with E-state index in [-0.39, 0.29) is 36.1 Å². The molecule has 31 heavy (non-hydrogen) atoms. The van der Waals surface area contributed by atoms with Crippen LogP contribution >= 0.6 is 24.0 Å². The topological polar surface area (TPSA) is 78.4 Å². The second kappa shape index (κ2) is 11.1. The third-order valence-corrected chi connectivity index (χ3v) is 5.36. The molecule has 0 aliphatic carbocycles. The summed E-state index contributed by atoms with van der Waals surface area (Å²) in [5.74, 6) is 2.22. The van der Waals surface area contributed by atoms with Crippen molar-refractivity contribution in [2.24, 2.45) is 10.9 Å². The molecule has 2 aliphatic rings. The minimum absolute atomic E-state index is 0. The lowest BCUT2D eigenvalue weighted by atomic mass is 10.1. The average Bonchev–Trinajstić information content (AvgIpc) is 3.14. The lowest BCUT2D eigenvalue weighted by Crippen LogP contribution is -2.63. The molecule has 0 radical (unpaired) electrons. The molecule has 1 unspecified atom stereocenters. The molecule has 2 heterocycles. The third-order valence-electron chi connectivity index (χ3n) is 5.36. The molecule has 8 nitrogen and oxygen atoms in total. The Morgan fingerprint density at radius 1 is 1.26 bits per heavy atom. The zero-order valence-corrected chi connectivity index (χ0v) is 21.5. The predicted octanol–water partition coefficient (Wildman–Crippen LogP) is 2.92. The van der Waals surface area contributed by atoms with Gasteiger partial charge in [-0.05, 0) is 45.2 Å². The molecular formula is C22H36IN5O3. The molecule has 2 saturated heterocycles.